The summed E-state index contributed by atoms with van der Waals surface area (Å²) in [5.74, 6) is -2.23. The second-order valence-corrected chi connectivity index (χ2v) is 9.62. The van der Waals surface area contributed by atoms with Crippen LogP contribution in [0.15, 0.2) is 52.3 Å². The highest BCUT2D eigenvalue weighted by molar-refractivity contribution is 7.96. The van der Waals surface area contributed by atoms with E-state index in [0.717, 1.165) is 12.1 Å². The number of carboxylic acids is 1. The zero-order chi connectivity index (χ0) is 18.4. The summed E-state index contributed by atoms with van der Waals surface area (Å²) < 4.78 is 55.9. The second-order valence-electron chi connectivity index (χ2n) is 5.49. The van der Waals surface area contributed by atoms with Crippen LogP contribution in [0, 0.1) is 0 Å². The third-order valence-electron chi connectivity index (χ3n) is 4.06. The predicted octanol–water partition coefficient (Wildman–Crippen LogP) is 1.70. The molecule has 7 nitrogen and oxygen atoms in total. The van der Waals surface area contributed by atoms with Crippen LogP contribution in [0.1, 0.15) is 21.2 Å². The lowest BCUT2D eigenvalue weighted by Crippen LogP contribution is -2.16. The highest BCUT2D eigenvalue weighted by Gasteiger charge is 2.46. The van der Waals surface area contributed by atoms with E-state index >= 15 is 0 Å². The molecule has 1 N–H and O–H groups in total. The summed E-state index contributed by atoms with van der Waals surface area (Å²) in [6, 6.07) is 9.67. The predicted molar refractivity (Wildman–Crippen MR) is 88.4 cm³/mol. The maximum atomic E-state index is 13.0. The molecule has 1 heterocycles. The minimum absolute atomic E-state index is 0.0363. The number of sulfone groups is 2. The van der Waals surface area contributed by atoms with Gasteiger partial charge in [0.05, 0.1) is 22.7 Å². The lowest BCUT2D eigenvalue weighted by Gasteiger charge is -2.16. The van der Waals surface area contributed by atoms with Gasteiger partial charge in [-0.2, -0.15) is 0 Å². The highest BCUT2D eigenvalue weighted by Crippen LogP contribution is 2.46. The zero-order valence-corrected chi connectivity index (χ0v) is 14.7. The topological polar surface area (TPSA) is 115 Å². The Morgan fingerprint density at radius 1 is 1.16 bits per heavy atom. The van der Waals surface area contributed by atoms with Crippen LogP contribution in [-0.2, 0) is 19.7 Å². The average Bonchev–Trinajstić information content (AvgIpc) is 2.87. The van der Waals surface area contributed by atoms with E-state index in [1.165, 1.54) is 31.4 Å². The average molecular weight is 382 g/mol. The number of rotatable bonds is 4. The number of carbonyl (C=O) groups is 1. The van der Waals surface area contributed by atoms with Crippen molar-refractivity contribution in [2.75, 3.05) is 12.9 Å². The molecule has 0 saturated heterocycles. The summed E-state index contributed by atoms with van der Waals surface area (Å²) in [5.41, 5.74) is -0.405. The Bertz CT molecular complexity index is 1060. The van der Waals surface area contributed by atoms with Crippen LogP contribution in [0.2, 0.25) is 0 Å². The molecule has 132 valence electrons. The molecule has 1 aliphatic heterocycles. The van der Waals surface area contributed by atoms with E-state index in [1.54, 1.807) is 6.07 Å². The number of hydrogen-bond donors (Lipinski definition) is 1. The molecule has 2 aromatic carbocycles. The summed E-state index contributed by atoms with van der Waals surface area (Å²) in [5, 5.41) is 7.86. The van der Waals surface area contributed by atoms with Gasteiger partial charge in [0.15, 0.2) is 19.7 Å². The Hall–Kier alpha value is -2.39. The Labute approximate surface area is 144 Å². The van der Waals surface area contributed by atoms with E-state index < -0.39 is 36.6 Å². The summed E-state index contributed by atoms with van der Waals surface area (Å²) in [4.78, 5) is 11.1. The maximum absolute atomic E-state index is 13.0. The van der Waals surface area contributed by atoms with Crippen molar-refractivity contribution in [3.05, 3.63) is 53.6 Å². The quantitative estimate of drug-likeness (QED) is 0.856. The molecule has 0 saturated carbocycles. The molecule has 1 aliphatic rings. The molecule has 0 aliphatic carbocycles. The molecular weight excluding hydrogens is 368 g/mol. The molecule has 1 atom stereocenters. The van der Waals surface area contributed by atoms with Gasteiger partial charge in [0.25, 0.3) is 0 Å². The van der Waals surface area contributed by atoms with E-state index in [1.807, 2.05) is 0 Å². The molecule has 25 heavy (non-hydrogen) atoms. The third-order valence-corrected chi connectivity index (χ3v) is 8.15. The van der Waals surface area contributed by atoms with Gasteiger partial charge in [0.1, 0.15) is 16.6 Å². The van der Waals surface area contributed by atoms with Crippen molar-refractivity contribution in [2.45, 2.75) is 15.0 Å². The van der Waals surface area contributed by atoms with Crippen LogP contribution >= 0.6 is 0 Å². The molecule has 0 fully saturated rings. The summed E-state index contributed by atoms with van der Waals surface area (Å²) in [7, 11) is -6.74. The molecule has 0 radical (unpaired) electrons. The SMILES string of the molecule is COc1c(C(=O)O)ccc2c1C(S(=O)(=O)c1ccccc1)CS2(=O)=O. The van der Waals surface area contributed by atoms with Crippen LogP contribution in [-0.4, -0.2) is 40.8 Å². The number of benzene rings is 2. The van der Waals surface area contributed by atoms with Crippen molar-refractivity contribution in [1.29, 1.82) is 0 Å². The van der Waals surface area contributed by atoms with E-state index in [2.05, 4.69) is 0 Å². The second kappa shape index (κ2) is 5.85. The third kappa shape index (κ3) is 2.69. The Kier molecular flexibility index (Phi) is 4.08. The lowest BCUT2D eigenvalue weighted by atomic mass is 10.1. The Balaban J connectivity index is 2.32. The largest absolute Gasteiger partial charge is 0.495 e. The first kappa shape index (κ1) is 17.4. The first-order valence-electron chi connectivity index (χ1n) is 7.16. The number of ether oxygens (including phenoxy) is 1. The normalized spacial score (nSPS) is 18.5. The highest BCUT2D eigenvalue weighted by atomic mass is 32.2. The standard InChI is InChI=1S/C16H14O7S2/c1-23-15-11(16(17)18)7-8-12-14(15)13(9-24(12,19)20)25(21,22)10-5-3-2-4-6-10/h2-8,13H,9H2,1H3,(H,17,18). The van der Waals surface area contributed by atoms with E-state index in [0.29, 0.717) is 0 Å². The van der Waals surface area contributed by atoms with Gasteiger partial charge in [-0.1, -0.05) is 18.2 Å². The van der Waals surface area contributed by atoms with Gasteiger partial charge in [-0.25, -0.2) is 21.6 Å². The molecule has 0 aromatic heterocycles. The van der Waals surface area contributed by atoms with Gasteiger partial charge in [0.2, 0.25) is 0 Å². The van der Waals surface area contributed by atoms with Crippen LogP contribution in [0.3, 0.4) is 0 Å². The van der Waals surface area contributed by atoms with Crippen molar-refractivity contribution in [3.8, 4) is 5.75 Å². The van der Waals surface area contributed by atoms with Gasteiger partial charge in [-0.15, -0.1) is 0 Å². The molecular formula is C16H14O7S2. The van der Waals surface area contributed by atoms with Gasteiger partial charge in [0, 0.05) is 5.56 Å². The number of methoxy groups -OCH3 is 1. The van der Waals surface area contributed by atoms with Crippen molar-refractivity contribution >= 4 is 25.6 Å². The molecule has 3 rings (SSSR count). The zero-order valence-electron chi connectivity index (χ0n) is 13.0. The van der Waals surface area contributed by atoms with Crippen molar-refractivity contribution in [2.24, 2.45) is 0 Å². The smallest absolute Gasteiger partial charge is 0.339 e. The minimum Gasteiger partial charge on any atom is -0.495 e. The van der Waals surface area contributed by atoms with Crippen LogP contribution < -0.4 is 4.74 Å². The van der Waals surface area contributed by atoms with Crippen molar-refractivity contribution < 1.29 is 31.5 Å². The van der Waals surface area contributed by atoms with Gasteiger partial charge in [-0.05, 0) is 24.3 Å². The van der Waals surface area contributed by atoms with E-state index in [-0.39, 0.29) is 26.7 Å². The lowest BCUT2D eigenvalue weighted by molar-refractivity contribution is 0.0693. The molecule has 0 spiro atoms. The molecule has 0 bridgehead atoms. The monoisotopic (exact) mass is 382 g/mol. The first-order chi connectivity index (χ1) is 11.7. The fourth-order valence-electron chi connectivity index (χ4n) is 2.94. The first-order valence-corrected chi connectivity index (χ1v) is 10.4. The summed E-state index contributed by atoms with van der Waals surface area (Å²) in [6.45, 7) is 0. The van der Waals surface area contributed by atoms with Crippen LogP contribution in [0.25, 0.3) is 0 Å². The van der Waals surface area contributed by atoms with Crippen LogP contribution in [0.5, 0.6) is 5.75 Å². The van der Waals surface area contributed by atoms with E-state index in [9.17, 15) is 26.7 Å². The molecule has 9 heteroatoms. The van der Waals surface area contributed by atoms with Gasteiger partial charge >= 0.3 is 5.97 Å². The van der Waals surface area contributed by atoms with Crippen LogP contribution in [0.4, 0.5) is 0 Å². The summed E-state index contributed by atoms with van der Waals surface area (Å²) in [6.07, 6.45) is 0. The van der Waals surface area contributed by atoms with Gasteiger partial charge < -0.3 is 9.84 Å². The molecule has 2 aromatic rings. The van der Waals surface area contributed by atoms with E-state index in [4.69, 9.17) is 4.74 Å². The number of aromatic carboxylic acids is 1. The summed E-state index contributed by atoms with van der Waals surface area (Å²) >= 11 is 0. The van der Waals surface area contributed by atoms with Crippen molar-refractivity contribution in [1.82, 2.24) is 0 Å². The fourth-order valence-corrected chi connectivity index (χ4v) is 7.27. The van der Waals surface area contributed by atoms with Crippen molar-refractivity contribution in [3.63, 3.8) is 0 Å². The number of fused-ring (bicyclic) bond motifs is 1. The minimum atomic E-state index is -4.05. The molecule has 1 unspecified atom stereocenters. The number of carboxylic acid groups (broad SMARTS) is 1. The molecule has 0 amide bonds. The number of hydrogen-bond acceptors (Lipinski definition) is 6. The Morgan fingerprint density at radius 3 is 2.36 bits per heavy atom. The van der Waals surface area contributed by atoms with Gasteiger partial charge in [-0.3, -0.25) is 0 Å². The fraction of sp³-hybridized carbons (Fsp3) is 0.188. The Morgan fingerprint density at radius 2 is 1.80 bits per heavy atom. The maximum Gasteiger partial charge on any atom is 0.339 e.